The molecule has 2 heterocycles. The van der Waals surface area contributed by atoms with Gasteiger partial charge in [-0.05, 0) is 71.9 Å². The first-order chi connectivity index (χ1) is 16.9. The molecule has 3 aromatic rings. The Balaban J connectivity index is 1.59. The van der Waals surface area contributed by atoms with Gasteiger partial charge in [-0.2, -0.15) is 10.1 Å². The van der Waals surface area contributed by atoms with Crippen molar-refractivity contribution in [2.75, 3.05) is 7.11 Å². The molecule has 9 heteroatoms. The molecule has 2 N–H and O–H groups in total. The number of hydrogen-bond donors (Lipinski definition) is 2. The number of methoxy groups -OCH3 is 1. The number of carbonyl (C=O) groups excluding carboxylic acids is 1. The van der Waals surface area contributed by atoms with Crippen LogP contribution in [0.1, 0.15) is 29.2 Å². The smallest absolute Gasteiger partial charge is 0.311 e. The lowest BCUT2D eigenvalue weighted by atomic mass is 9.97. The minimum absolute atomic E-state index is 0.0299. The van der Waals surface area contributed by atoms with Crippen LogP contribution in [0.15, 0.2) is 81.7 Å². The Labute approximate surface area is 211 Å². The van der Waals surface area contributed by atoms with E-state index in [0.29, 0.717) is 33.3 Å². The van der Waals surface area contributed by atoms with Crippen molar-refractivity contribution >= 4 is 46.2 Å². The molecule has 35 heavy (non-hydrogen) atoms. The lowest BCUT2D eigenvalue weighted by molar-refractivity contribution is 0.267. The molecule has 0 radical (unpaired) electrons. The van der Waals surface area contributed by atoms with E-state index in [1.165, 1.54) is 6.07 Å². The summed E-state index contributed by atoms with van der Waals surface area (Å²) in [6.07, 6.45) is 2.15. The Morgan fingerprint density at radius 2 is 1.86 bits per heavy atom. The monoisotopic (exact) mass is 505 g/mol. The van der Waals surface area contributed by atoms with Crippen molar-refractivity contribution < 1.29 is 19.7 Å². The van der Waals surface area contributed by atoms with E-state index in [2.05, 4.69) is 4.99 Å². The summed E-state index contributed by atoms with van der Waals surface area (Å²) in [6, 6.07) is 18.9. The molecule has 7 nitrogen and oxygen atoms in total. The molecule has 2 aliphatic rings. The SMILES string of the molecule is COc1ccc(C2=NN(C3=NC(=O)S/C3=C\c3cc(Cl)ccc3O)C(c3ccccc3O)C2)cc1. The molecule has 1 amide bonds. The molecule has 5 rings (SSSR count). The van der Waals surface area contributed by atoms with Crippen LogP contribution in [0.2, 0.25) is 5.02 Å². The van der Waals surface area contributed by atoms with Crippen LogP contribution < -0.4 is 4.74 Å². The van der Waals surface area contributed by atoms with E-state index in [1.807, 2.05) is 36.4 Å². The third kappa shape index (κ3) is 4.62. The quantitative estimate of drug-likeness (QED) is 0.437. The van der Waals surface area contributed by atoms with Crippen molar-refractivity contribution in [3.63, 3.8) is 0 Å². The lowest BCUT2D eigenvalue weighted by Crippen LogP contribution is -2.26. The Bertz CT molecular complexity index is 1400. The molecular weight excluding hydrogens is 486 g/mol. The third-order valence-electron chi connectivity index (χ3n) is 5.74. The van der Waals surface area contributed by atoms with Crippen molar-refractivity contribution in [2.24, 2.45) is 10.1 Å². The van der Waals surface area contributed by atoms with E-state index in [1.54, 1.807) is 42.5 Å². The number of rotatable bonds is 4. The number of para-hydroxylation sites is 1. The van der Waals surface area contributed by atoms with E-state index in [4.69, 9.17) is 21.4 Å². The van der Waals surface area contributed by atoms with Gasteiger partial charge in [0.2, 0.25) is 0 Å². The number of benzene rings is 3. The summed E-state index contributed by atoms with van der Waals surface area (Å²) in [6.45, 7) is 0. The first-order valence-corrected chi connectivity index (χ1v) is 11.9. The van der Waals surface area contributed by atoms with Crippen LogP contribution in [0.3, 0.4) is 0 Å². The molecule has 0 aromatic heterocycles. The molecule has 0 spiro atoms. The van der Waals surface area contributed by atoms with Gasteiger partial charge in [0.1, 0.15) is 17.2 Å². The maximum Gasteiger partial charge on any atom is 0.311 e. The summed E-state index contributed by atoms with van der Waals surface area (Å²) >= 11 is 7.06. The second kappa shape index (κ2) is 9.48. The molecule has 0 saturated carbocycles. The van der Waals surface area contributed by atoms with Crippen LogP contribution >= 0.6 is 23.4 Å². The molecular formula is C26H20ClN3O4S. The molecule has 176 valence electrons. The fourth-order valence-corrected chi connectivity index (χ4v) is 4.94. The predicted molar refractivity (Wildman–Crippen MR) is 138 cm³/mol. The summed E-state index contributed by atoms with van der Waals surface area (Å²) in [5.41, 5.74) is 2.79. The second-order valence-corrected chi connectivity index (χ2v) is 9.34. The van der Waals surface area contributed by atoms with Crippen LogP contribution in [-0.2, 0) is 0 Å². The van der Waals surface area contributed by atoms with E-state index >= 15 is 0 Å². The Morgan fingerprint density at radius 3 is 2.60 bits per heavy atom. The van der Waals surface area contributed by atoms with Gasteiger partial charge in [-0.3, -0.25) is 4.79 Å². The topological polar surface area (TPSA) is 94.7 Å². The van der Waals surface area contributed by atoms with Gasteiger partial charge in [0.25, 0.3) is 0 Å². The number of nitrogens with zero attached hydrogens (tertiary/aromatic N) is 3. The number of amides is 1. The van der Waals surface area contributed by atoms with Gasteiger partial charge in [0.05, 0.1) is 23.8 Å². The number of thioether (sulfide) groups is 1. The third-order valence-corrected chi connectivity index (χ3v) is 6.76. The zero-order valence-electron chi connectivity index (χ0n) is 18.6. The first-order valence-electron chi connectivity index (χ1n) is 10.7. The normalized spacial score (nSPS) is 18.7. The van der Waals surface area contributed by atoms with Crippen LogP contribution in [0.5, 0.6) is 17.2 Å². The van der Waals surface area contributed by atoms with Crippen molar-refractivity contribution in [3.05, 3.63) is 93.3 Å². The number of phenolic OH excluding ortho intramolecular Hbond substituents is 2. The Kier molecular flexibility index (Phi) is 6.23. The number of aliphatic imine (C=N–C) groups is 1. The number of halogens is 1. The van der Waals surface area contributed by atoms with E-state index < -0.39 is 11.3 Å². The molecule has 1 unspecified atom stereocenters. The maximum atomic E-state index is 12.4. The number of phenols is 2. The number of aromatic hydroxyl groups is 2. The zero-order valence-corrected chi connectivity index (χ0v) is 20.1. The van der Waals surface area contributed by atoms with Gasteiger partial charge >= 0.3 is 5.24 Å². The average Bonchev–Trinajstić information content (AvgIpc) is 3.45. The Hall–Kier alpha value is -3.75. The van der Waals surface area contributed by atoms with Crippen molar-refractivity contribution in [1.29, 1.82) is 0 Å². The minimum Gasteiger partial charge on any atom is -0.508 e. The number of ether oxygens (including phenoxy) is 1. The number of amidine groups is 1. The van der Waals surface area contributed by atoms with E-state index in [-0.39, 0.29) is 11.5 Å². The summed E-state index contributed by atoms with van der Waals surface area (Å²) in [5, 5.41) is 27.5. The number of hydrazone groups is 1. The molecule has 3 aromatic carbocycles. The van der Waals surface area contributed by atoms with Crippen molar-refractivity contribution in [1.82, 2.24) is 5.01 Å². The fraction of sp³-hybridized carbons (Fsp3) is 0.115. The highest BCUT2D eigenvalue weighted by atomic mass is 35.5. The minimum atomic E-state index is -0.394. The standard InChI is InChI=1S/C26H20ClN3O4S/c1-34-18-9-6-15(7-10-18)20-14-21(19-4-2-3-5-23(19)32)30(29-20)25-24(35-26(33)28-25)13-16-12-17(27)8-11-22(16)31/h2-13,21,31-32H,14H2,1H3/b24-13-. The predicted octanol–water partition coefficient (Wildman–Crippen LogP) is 6.22. The first kappa shape index (κ1) is 23.0. The van der Waals surface area contributed by atoms with Gasteiger partial charge in [-0.25, -0.2) is 5.01 Å². The number of carbonyl (C=O) groups is 1. The maximum absolute atomic E-state index is 12.4. The highest BCUT2D eigenvalue weighted by molar-refractivity contribution is 8.18. The summed E-state index contributed by atoms with van der Waals surface area (Å²) in [7, 11) is 1.61. The molecule has 0 saturated heterocycles. The Morgan fingerprint density at radius 1 is 1.09 bits per heavy atom. The van der Waals surface area contributed by atoms with Gasteiger partial charge in [-0.1, -0.05) is 29.8 Å². The van der Waals surface area contributed by atoms with Crippen molar-refractivity contribution in [2.45, 2.75) is 12.5 Å². The number of hydrogen-bond acceptors (Lipinski definition) is 7. The molecule has 0 bridgehead atoms. The van der Waals surface area contributed by atoms with Gasteiger partial charge in [-0.15, -0.1) is 0 Å². The van der Waals surface area contributed by atoms with Crippen LogP contribution in [-0.4, -0.2) is 39.1 Å². The van der Waals surface area contributed by atoms with Gasteiger partial charge < -0.3 is 14.9 Å². The van der Waals surface area contributed by atoms with Crippen LogP contribution in [0.25, 0.3) is 6.08 Å². The fourth-order valence-electron chi connectivity index (χ4n) is 4.02. The van der Waals surface area contributed by atoms with E-state index in [9.17, 15) is 15.0 Å². The zero-order chi connectivity index (χ0) is 24.5. The molecule has 1 atom stereocenters. The van der Waals surface area contributed by atoms with Crippen molar-refractivity contribution in [3.8, 4) is 17.2 Å². The van der Waals surface area contributed by atoms with E-state index in [0.717, 1.165) is 28.8 Å². The largest absolute Gasteiger partial charge is 0.508 e. The van der Waals surface area contributed by atoms with Gasteiger partial charge in [0, 0.05) is 22.6 Å². The highest BCUT2D eigenvalue weighted by Crippen LogP contribution is 2.42. The molecule has 0 aliphatic carbocycles. The molecule has 2 aliphatic heterocycles. The van der Waals surface area contributed by atoms with Gasteiger partial charge in [0.15, 0.2) is 5.84 Å². The summed E-state index contributed by atoms with van der Waals surface area (Å²) in [4.78, 5) is 17.2. The molecule has 0 fully saturated rings. The summed E-state index contributed by atoms with van der Waals surface area (Å²) in [5.74, 6) is 1.23. The average molecular weight is 506 g/mol. The summed E-state index contributed by atoms with van der Waals surface area (Å²) < 4.78 is 5.26. The highest BCUT2D eigenvalue weighted by Gasteiger charge is 2.38. The lowest BCUT2D eigenvalue weighted by Gasteiger charge is -2.24. The van der Waals surface area contributed by atoms with Crippen LogP contribution in [0, 0.1) is 0 Å². The van der Waals surface area contributed by atoms with Crippen LogP contribution in [0.4, 0.5) is 4.79 Å². The second-order valence-electron chi connectivity index (χ2n) is 7.91.